The van der Waals surface area contributed by atoms with E-state index in [4.69, 9.17) is 0 Å². The molecule has 2 aliphatic carbocycles. The summed E-state index contributed by atoms with van der Waals surface area (Å²) in [5.74, 6) is -13.1. The van der Waals surface area contributed by atoms with Crippen molar-refractivity contribution in [2.45, 2.75) is 87.5 Å². The summed E-state index contributed by atoms with van der Waals surface area (Å²) in [6.07, 6.45) is -8.02. The zero-order valence-corrected chi connectivity index (χ0v) is 21.2. The van der Waals surface area contributed by atoms with Crippen molar-refractivity contribution in [3.05, 3.63) is 29.3 Å². The largest absolute Gasteiger partial charge is 0.390 e. The number of alkyl halides is 8. The summed E-state index contributed by atoms with van der Waals surface area (Å²) in [4.78, 5) is 31.8. The highest BCUT2D eigenvalue weighted by Gasteiger charge is 2.52. The Kier molecular flexibility index (Phi) is 7.82. The second-order valence-corrected chi connectivity index (χ2v) is 10.8. The number of nitrogens with one attached hydrogen (secondary N) is 3. The second kappa shape index (κ2) is 10.4. The first-order valence-electron chi connectivity index (χ1n) is 12.7. The number of aromatic nitrogens is 2. The number of hydrogen-bond acceptors (Lipinski definition) is 3. The van der Waals surface area contributed by atoms with Crippen LogP contribution in [-0.4, -0.2) is 52.0 Å². The summed E-state index contributed by atoms with van der Waals surface area (Å²) in [7, 11) is 0. The maximum absolute atomic E-state index is 15.6. The first kappa shape index (κ1) is 30.0. The van der Waals surface area contributed by atoms with Crippen molar-refractivity contribution in [2.24, 2.45) is 5.92 Å². The quantitative estimate of drug-likeness (QED) is 0.316. The predicted molar refractivity (Wildman–Crippen MR) is 124 cm³/mol. The molecule has 2 amide bonds. The molecule has 2 fully saturated rings. The van der Waals surface area contributed by atoms with E-state index in [2.05, 4.69) is 15.3 Å². The minimum atomic E-state index is -4.96. The molecule has 0 unspecified atom stereocenters. The Morgan fingerprint density at radius 2 is 1.70 bits per heavy atom. The van der Waals surface area contributed by atoms with Gasteiger partial charge in [-0.15, -0.1) is 0 Å². The third-order valence-electron chi connectivity index (χ3n) is 7.25. The number of aromatic amines is 1. The van der Waals surface area contributed by atoms with Crippen molar-refractivity contribution in [1.82, 2.24) is 20.6 Å². The van der Waals surface area contributed by atoms with Crippen LogP contribution in [0.1, 0.15) is 75.2 Å². The standard InChI is InChI=1S/C25H27F9N4O2/c1-22(27,28)11-35-20(39)14(10-25(32,33)34)13-2-3-15-18(16(13)26)37-19(36-15)17(38-21(40)23(29)8-9-23)12-4-6-24(30,31)7-5-12/h2-3,12,14,17H,4-11H2,1H3,(H,35,39)(H,36,37)(H,38,40)/t14-,17-/m0/s1. The van der Waals surface area contributed by atoms with Gasteiger partial charge in [0.15, 0.2) is 11.5 Å². The third-order valence-corrected chi connectivity index (χ3v) is 7.25. The maximum Gasteiger partial charge on any atom is 0.390 e. The number of halogens is 9. The van der Waals surface area contributed by atoms with Gasteiger partial charge in [-0.25, -0.2) is 31.3 Å². The van der Waals surface area contributed by atoms with Gasteiger partial charge < -0.3 is 15.6 Å². The van der Waals surface area contributed by atoms with Crippen LogP contribution in [0.15, 0.2) is 12.1 Å². The maximum atomic E-state index is 15.6. The van der Waals surface area contributed by atoms with Gasteiger partial charge in [-0.3, -0.25) is 9.59 Å². The van der Waals surface area contributed by atoms with Crippen LogP contribution in [0, 0.1) is 11.7 Å². The van der Waals surface area contributed by atoms with E-state index in [1.807, 2.05) is 0 Å². The lowest BCUT2D eigenvalue weighted by atomic mass is 9.81. The fraction of sp³-hybridized carbons (Fsp3) is 0.640. The molecule has 3 N–H and O–H groups in total. The van der Waals surface area contributed by atoms with E-state index >= 15 is 4.39 Å². The smallest absolute Gasteiger partial charge is 0.350 e. The van der Waals surface area contributed by atoms with Crippen LogP contribution in [0.4, 0.5) is 39.5 Å². The third kappa shape index (κ3) is 7.00. The van der Waals surface area contributed by atoms with Gasteiger partial charge in [-0.1, -0.05) is 6.07 Å². The van der Waals surface area contributed by atoms with Gasteiger partial charge in [0.25, 0.3) is 11.8 Å². The lowest BCUT2D eigenvalue weighted by molar-refractivity contribution is -0.148. The lowest BCUT2D eigenvalue weighted by Crippen LogP contribution is -2.41. The van der Waals surface area contributed by atoms with Gasteiger partial charge >= 0.3 is 6.18 Å². The Morgan fingerprint density at radius 1 is 1.07 bits per heavy atom. The number of amides is 2. The molecule has 15 heteroatoms. The average molecular weight is 586 g/mol. The zero-order chi connectivity index (χ0) is 29.7. The minimum absolute atomic E-state index is 0.0287. The van der Waals surface area contributed by atoms with Gasteiger partial charge in [0.1, 0.15) is 11.3 Å². The number of hydrogen-bond donors (Lipinski definition) is 3. The molecule has 0 spiro atoms. The summed E-state index contributed by atoms with van der Waals surface area (Å²) in [5.41, 5.74) is -3.44. The number of nitrogens with zero attached hydrogens (tertiary/aromatic N) is 1. The normalized spacial score (nSPS) is 20.6. The SMILES string of the molecule is CC(F)(F)CNC(=O)[C@@H](CC(F)(F)F)c1ccc2[nH]c([C@@H](NC(=O)C3(F)CC3)C3CCC(F)(F)CC3)nc2c1F. The monoisotopic (exact) mass is 586 g/mol. The van der Waals surface area contributed by atoms with E-state index in [1.54, 1.807) is 5.32 Å². The van der Waals surface area contributed by atoms with Crippen molar-refractivity contribution >= 4 is 22.8 Å². The first-order valence-corrected chi connectivity index (χ1v) is 12.7. The molecule has 0 bridgehead atoms. The van der Waals surface area contributed by atoms with E-state index in [0.717, 1.165) is 12.1 Å². The Labute approximate surface area is 222 Å². The van der Waals surface area contributed by atoms with Crippen molar-refractivity contribution in [3.63, 3.8) is 0 Å². The van der Waals surface area contributed by atoms with Crippen molar-refractivity contribution in [1.29, 1.82) is 0 Å². The molecule has 2 aliphatic rings. The summed E-state index contributed by atoms with van der Waals surface area (Å²) < 4.78 is 124. The van der Waals surface area contributed by atoms with E-state index in [1.165, 1.54) is 0 Å². The Morgan fingerprint density at radius 3 is 2.25 bits per heavy atom. The van der Waals surface area contributed by atoms with Crippen LogP contribution in [0.25, 0.3) is 11.0 Å². The average Bonchev–Trinajstić information content (AvgIpc) is 3.44. The van der Waals surface area contributed by atoms with Crippen LogP contribution in [-0.2, 0) is 9.59 Å². The molecule has 1 heterocycles. The molecule has 1 aromatic heterocycles. The zero-order valence-electron chi connectivity index (χ0n) is 21.2. The van der Waals surface area contributed by atoms with Crippen LogP contribution < -0.4 is 10.6 Å². The Bertz CT molecular complexity index is 1260. The predicted octanol–water partition coefficient (Wildman–Crippen LogP) is 5.99. The number of H-pyrrole nitrogens is 1. The number of benzene rings is 1. The van der Waals surface area contributed by atoms with E-state index in [-0.39, 0.29) is 37.0 Å². The molecule has 4 rings (SSSR count). The number of rotatable bonds is 9. The number of fused-ring (bicyclic) bond motifs is 1. The minimum Gasteiger partial charge on any atom is -0.350 e. The van der Waals surface area contributed by atoms with Crippen LogP contribution >= 0.6 is 0 Å². The van der Waals surface area contributed by atoms with Crippen LogP contribution in [0.5, 0.6) is 0 Å². The van der Waals surface area contributed by atoms with Gasteiger partial charge in [-0.2, -0.15) is 13.2 Å². The van der Waals surface area contributed by atoms with Crippen molar-refractivity contribution < 1.29 is 49.1 Å². The molecule has 222 valence electrons. The van der Waals surface area contributed by atoms with Crippen LogP contribution in [0.2, 0.25) is 0 Å². The number of carbonyl (C=O) groups excluding carboxylic acids is 2. The van der Waals surface area contributed by atoms with E-state index < -0.39 is 96.1 Å². The van der Waals surface area contributed by atoms with E-state index in [0.29, 0.717) is 6.92 Å². The fourth-order valence-electron chi connectivity index (χ4n) is 4.85. The fourth-order valence-corrected chi connectivity index (χ4v) is 4.85. The van der Waals surface area contributed by atoms with Gasteiger partial charge in [0, 0.05) is 25.3 Å². The topological polar surface area (TPSA) is 86.9 Å². The van der Waals surface area contributed by atoms with Gasteiger partial charge in [0.05, 0.1) is 30.4 Å². The van der Waals surface area contributed by atoms with Crippen LogP contribution in [0.3, 0.4) is 0 Å². The van der Waals surface area contributed by atoms with E-state index in [9.17, 15) is 44.7 Å². The molecule has 0 radical (unpaired) electrons. The number of imidazole rings is 1. The molecular weight excluding hydrogens is 559 g/mol. The molecule has 2 aromatic rings. The molecular formula is C25H27F9N4O2. The number of carbonyl (C=O) groups is 2. The molecule has 6 nitrogen and oxygen atoms in total. The summed E-state index contributed by atoms with van der Waals surface area (Å²) in [5, 5.41) is 4.18. The molecule has 2 saturated carbocycles. The molecule has 0 aliphatic heterocycles. The highest BCUT2D eigenvalue weighted by molar-refractivity contribution is 5.88. The van der Waals surface area contributed by atoms with Crippen molar-refractivity contribution in [2.75, 3.05) is 6.54 Å². The molecule has 2 atom stereocenters. The Hall–Kier alpha value is -3.00. The molecule has 0 saturated heterocycles. The van der Waals surface area contributed by atoms with Gasteiger partial charge in [-0.05, 0) is 37.7 Å². The van der Waals surface area contributed by atoms with Crippen molar-refractivity contribution in [3.8, 4) is 0 Å². The van der Waals surface area contributed by atoms with Gasteiger partial charge in [0.2, 0.25) is 11.8 Å². The lowest BCUT2D eigenvalue weighted by Gasteiger charge is -2.33. The molecule has 40 heavy (non-hydrogen) atoms. The summed E-state index contributed by atoms with van der Waals surface area (Å²) >= 11 is 0. The summed E-state index contributed by atoms with van der Waals surface area (Å²) in [6.45, 7) is -0.824. The highest BCUT2D eigenvalue weighted by atomic mass is 19.4. The first-order chi connectivity index (χ1) is 18.4. The second-order valence-electron chi connectivity index (χ2n) is 10.8. The highest BCUT2D eigenvalue weighted by Crippen LogP contribution is 2.44. The summed E-state index contributed by atoms with van der Waals surface area (Å²) in [6, 6.07) is 0.879. The Balaban J connectivity index is 1.69. The molecule has 1 aromatic carbocycles.